The van der Waals surface area contributed by atoms with E-state index in [9.17, 15) is 0 Å². The molecule has 0 atom stereocenters. The summed E-state index contributed by atoms with van der Waals surface area (Å²) in [5, 5.41) is 7.70. The summed E-state index contributed by atoms with van der Waals surface area (Å²) in [5.74, 6) is 0. The minimum atomic E-state index is -0.417. The number of benzene rings is 11. The average molecular weight is 816 g/mol. The van der Waals surface area contributed by atoms with E-state index in [1.807, 2.05) is 11.8 Å². The van der Waals surface area contributed by atoms with Crippen LogP contribution in [0.25, 0.3) is 76.8 Å². The smallest absolute Gasteiger partial charge is 0.0725 e. The van der Waals surface area contributed by atoms with Gasteiger partial charge in [-0.25, -0.2) is 0 Å². The van der Waals surface area contributed by atoms with Crippen molar-refractivity contribution in [1.29, 1.82) is 0 Å². The van der Waals surface area contributed by atoms with E-state index >= 15 is 0 Å². The van der Waals surface area contributed by atoms with Gasteiger partial charge < -0.3 is 4.90 Å². The van der Waals surface area contributed by atoms with E-state index in [-0.39, 0.29) is 0 Å². The second-order valence-corrected chi connectivity index (χ2v) is 18.2. The van der Waals surface area contributed by atoms with Crippen molar-refractivity contribution in [1.82, 2.24) is 0 Å². The molecule has 0 unspecified atom stereocenters. The van der Waals surface area contributed by atoms with E-state index in [1.165, 1.54) is 120 Å². The van der Waals surface area contributed by atoms with E-state index in [0.717, 1.165) is 5.69 Å². The summed E-state index contributed by atoms with van der Waals surface area (Å²) < 4.78 is 0. The zero-order chi connectivity index (χ0) is 41.2. The standard InChI is InChI=1S/C61H37NS/c1-2-17-45-43(15-1)44-16-3-4-18-46(44)52-36-38(29-31-47(45)52)40-33-41(35-42(34-40)62-57-25-11-13-27-59(57)63-60-28-14-12-26-58(60)62)39-30-32-51-50-21-7-10-24-55(50)61(56(51)37-39)53-22-8-5-19-48(53)49-20-6-9-23-54(49)61/h1-37H. The van der Waals surface area contributed by atoms with Crippen LogP contribution in [0, 0.1) is 0 Å². The Kier molecular flexibility index (Phi) is 7.32. The highest BCUT2D eigenvalue weighted by Crippen LogP contribution is 2.63. The molecule has 1 heterocycles. The zero-order valence-electron chi connectivity index (χ0n) is 34.2. The van der Waals surface area contributed by atoms with Crippen LogP contribution < -0.4 is 4.90 Å². The van der Waals surface area contributed by atoms with Crippen molar-refractivity contribution in [2.24, 2.45) is 0 Å². The largest absolute Gasteiger partial charge is 0.308 e. The second kappa shape index (κ2) is 13.2. The lowest BCUT2D eigenvalue weighted by atomic mass is 9.70. The number of hydrogen-bond acceptors (Lipinski definition) is 2. The van der Waals surface area contributed by atoms with Gasteiger partial charge in [-0.15, -0.1) is 0 Å². The summed E-state index contributed by atoms with van der Waals surface area (Å²) >= 11 is 1.85. The number of para-hydroxylation sites is 2. The monoisotopic (exact) mass is 815 g/mol. The Morgan fingerprint density at radius 1 is 0.286 bits per heavy atom. The van der Waals surface area contributed by atoms with Crippen LogP contribution in [0.2, 0.25) is 0 Å². The van der Waals surface area contributed by atoms with Gasteiger partial charge in [-0.05, 0) is 154 Å². The maximum Gasteiger partial charge on any atom is 0.0725 e. The number of fused-ring (bicyclic) bond motifs is 18. The fourth-order valence-electron chi connectivity index (χ4n) is 11.4. The molecule has 1 spiro atoms. The molecular weight excluding hydrogens is 779 g/mol. The van der Waals surface area contributed by atoms with Crippen molar-refractivity contribution in [3.8, 4) is 44.5 Å². The van der Waals surface area contributed by atoms with Gasteiger partial charge in [0.1, 0.15) is 0 Å². The van der Waals surface area contributed by atoms with Crippen LogP contribution in [0.15, 0.2) is 234 Å². The molecule has 0 saturated carbocycles. The molecule has 14 rings (SSSR count). The first kappa shape index (κ1) is 35.0. The minimum absolute atomic E-state index is 0.417. The molecule has 292 valence electrons. The van der Waals surface area contributed by atoms with Crippen molar-refractivity contribution >= 4 is 61.1 Å². The normalized spacial score (nSPS) is 13.7. The zero-order valence-corrected chi connectivity index (χ0v) is 35.0. The molecule has 3 aliphatic rings. The van der Waals surface area contributed by atoms with Crippen molar-refractivity contribution in [3.05, 3.63) is 247 Å². The molecule has 1 aliphatic heterocycles. The minimum Gasteiger partial charge on any atom is -0.308 e. The van der Waals surface area contributed by atoms with Gasteiger partial charge in [0.25, 0.3) is 0 Å². The molecule has 2 heteroatoms. The van der Waals surface area contributed by atoms with Crippen LogP contribution in [0.1, 0.15) is 22.3 Å². The summed E-state index contributed by atoms with van der Waals surface area (Å²) in [7, 11) is 0. The molecule has 0 fully saturated rings. The lowest BCUT2D eigenvalue weighted by molar-refractivity contribution is 0.794. The quantitative estimate of drug-likeness (QED) is 0.163. The Morgan fingerprint density at radius 3 is 1.25 bits per heavy atom. The fourth-order valence-corrected chi connectivity index (χ4v) is 12.5. The van der Waals surface area contributed by atoms with Gasteiger partial charge in [0, 0.05) is 15.5 Å². The van der Waals surface area contributed by atoms with E-state index in [1.54, 1.807) is 0 Å². The molecule has 0 aromatic heterocycles. The Balaban J connectivity index is 1.04. The second-order valence-electron chi connectivity index (χ2n) is 17.1. The van der Waals surface area contributed by atoms with Gasteiger partial charge in [-0.2, -0.15) is 0 Å². The molecule has 0 saturated heterocycles. The lowest BCUT2D eigenvalue weighted by Gasteiger charge is -2.33. The first-order valence-corrected chi connectivity index (χ1v) is 22.6. The summed E-state index contributed by atoms with van der Waals surface area (Å²) in [6.45, 7) is 0. The third kappa shape index (κ3) is 4.84. The number of rotatable bonds is 3. The molecule has 63 heavy (non-hydrogen) atoms. The Hall–Kier alpha value is -7.65. The molecule has 0 radical (unpaired) electrons. The lowest BCUT2D eigenvalue weighted by Crippen LogP contribution is -2.25. The Labute approximate surface area is 370 Å². The first-order valence-electron chi connectivity index (χ1n) is 21.8. The van der Waals surface area contributed by atoms with Crippen LogP contribution in [-0.4, -0.2) is 0 Å². The van der Waals surface area contributed by atoms with Gasteiger partial charge in [0.2, 0.25) is 0 Å². The Bertz CT molecular complexity index is 3600. The van der Waals surface area contributed by atoms with Crippen LogP contribution in [0.3, 0.4) is 0 Å². The van der Waals surface area contributed by atoms with Crippen molar-refractivity contribution < 1.29 is 0 Å². The third-order valence-corrected chi connectivity index (χ3v) is 15.1. The molecule has 1 nitrogen and oxygen atoms in total. The molecule has 0 bridgehead atoms. The summed E-state index contributed by atoms with van der Waals surface area (Å²) in [4.78, 5) is 4.98. The predicted molar refractivity (Wildman–Crippen MR) is 265 cm³/mol. The highest BCUT2D eigenvalue weighted by atomic mass is 32.2. The van der Waals surface area contributed by atoms with Crippen LogP contribution in [-0.2, 0) is 5.41 Å². The van der Waals surface area contributed by atoms with Crippen LogP contribution in [0.4, 0.5) is 17.1 Å². The highest BCUT2D eigenvalue weighted by Gasteiger charge is 2.51. The van der Waals surface area contributed by atoms with Crippen LogP contribution in [0.5, 0.6) is 0 Å². The average Bonchev–Trinajstić information content (AvgIpc) is 3.82. The molecule has 2 aliphatic carbocycles. The molecular formula is C61H37NS. The molecule has 11 aromatic rings. The van der Waals surface area contributed by atoms with E-state index in [0.29, 0.717) is 0 Å². The molecule has 11 aromatic carbocycles. The summed E-state index contributed by atoms with van der Waals surface area (Å²) in [6, 6.07) is 84.3. The van der Waals surface area contributed by atoms with E-state index in [4.69, 9.17) is 0 Å². The van der Waals surface area contributed by atoms with Gasteiger partial charge in [-0.1, -0.05) is 182 Å². The van der Waals surface area contributed by atoms with E-state index < -0.39 is 5.41 Å². The maximum atomic E-state index is 2.52. The number of hydrogen-bond donors (Lipinski definition) is 0. The van der Waals surface area contributed by atoms with E-state index in [2.05, 4.69) is 229 Å². The SMILES string of the molecule is c1ccc2c(c1)Sc1ccccc1N2c1cc(-c2ccc3c(c2)C2(c4ccccc4-c4ccccc42)c2ccccc2-3)cc(-c2ccc3c4ccccc4c4ccccc4c3c2)c1. The molecule has 0 N–H and O–H groups in total. The van der Waals surface area contributed by atoms with Crippen molar-refractivity contribution in [3.63, 3.8) is 0 Å². The van der Waals surface area contributed by atoms with Gasteiger partial charge in [0.05, 0.1) is 16.8 Å². The molecule has 0 amide bonds. The predicted octanol–water partition coefficient (Wildman–Crippen LogP) is 16.8. The highest BCUT2D eigenvalue weighted by molar-refractivity contribution is 7.99. The van der Waals surface area contributed by atoms with Gasteiger partial charge >= 0.3 is 0 Å². The summed E-state index contributed by atoms with van der Waals surface area (Å²) in [5.41, 5.74) is 18.6. The third-order valence-electron chi connectivity index (χ3n) is 14.0. The first-order chi connectivity index (χ1) is 31.2. The van der Waals surface area contributed by atoms with Crippen molar-refractivity contribution in [2.45, 2.75) is 15.2 Å². The van der Waals surface area contributed by atoms with Crippen LogP contribution >= 0.6 is 11.8 Å². The number of nitrogens with zero attached hydrogens (tertiary/aromatic N) is 1. The fraction of sp³-hybridized carbons (Fsp3) is 0.0164. The van der Waals surface area contributed by atoms with Gasteiger partial charge in [0.15, 0.2) is 0 Å². The summed E-state index contributed by atoms with van der Waals surface area (Å²) in [6.07, 6.45) is 0. The van der Waals surface area contributed by atoms with Gasteiger partial charge in [-0.3, -0.25) is 0 Å². The topological polar surface area (TPSA) is 3.24 Å². The van der Waals surface area contributed by atoms with Crippen molar-refractivity contribution in [2.75, 3.05) is 4.90 Å². The Morgan fingerprint density at radius 2 is 0.698 bits per heavy atom. The maximum absolute atomic E-state index is 2.52. The number of anilines is 3.